The molecule has 1 aliphatic carbocycles. The van der Waals surface area contributed by atoms with Crippen LogP contribution in [0.15, 0.2) is 78.9 Å². The van der Waals surface area contributed by atoms with Crippen molar-refractivity contribution in [2.24, 2.45) is 0 Å². The molecule has 0 fully saturated rings. The van der Waals surface area contributed by atoms with E-state index in [9.17, 15) is 9.60 Å². The molecular formula is C25H22FNO. The molecule has 0 atom stereocenters. The molecule has 3 aromatic rings. The molecule has 0 radical (unpaired) electrons. The molecule has 3 heteroatoms. The van der Waals surface area contributed by atoms with Crippen molar-refractivity contribution in [2.75, 3.05) is 0 Å². The molecule has 0 unspecified atom stereocenters. The second kappa shape index (κ2) is 7.81. The average Bonchev–Trinajstić information content (AvgIpc) is 3.06. The van der Waals surface area contributed by atoms with E-state index in [2.05, 4.69) is 6.92 Å². The van der Waals surface area contributed by atoms with Gasteiger partial charge >= 0.3 is 0 Å². The van der Waals surface area contributed by atoms with E-state index in [1.807, 2.05) is 54.6 Å². The first-order chi connectivity index (χ1) is 13.7. The normalized spacial score (nSPS) is 12.6. The number of hydroxylamine groups is 1. The molecule has 0 bridgehead atoms. The van der Waals surface area contributed by atoms with E-state index in [0.29, 0.717) is 11.4 Å². The Morgan fingerprint density at radius 1 is 0.857 bits per heavy atom. The highest BCUT2D eigenvalue weighted by Gasteiger charge is 2.31. The molecule has 0 N–H and O–H groups in total. The zero-order valence-electron chi connectivity index (χ0n) is 15.9. The van der Waals surface area contributed by atoms with Gasteiger partial charge in [-0.1, -0.05) is 49.7 Å². The summed E-state index contributed by atoms with van der Waals surface area (Å²) in [5, 5.41) is 13.7. The van der Waals surface area contributed by atoms with Crippen molar-refractivity contribution in [3.05, 3.63) is 107 Å². The zero-order valence-corrected chi connectivity index (χ0v) is 15.9. The van der Waals surface area contributed by atoms with Gasteiger partial charge in [-0.3, -0.25) is 0 Å². The summed E-state index contributed by atoms with van der Waals surface area (Å²) in [6.07, 6.45) is 4.83. The summed E-state index contributed by atoms with van der Waals surface area (Å²) in [4.78, 5) is 0. The van der Waals surface area contributed by atoms with Crippen molar-refractivity contribution in [2.45, 2.75) is 26.2 Å². The molecule has 0 aliphatic heterocycles. The molecule has 4 rings (SSSR count). The van der Waals surface area contributed by atoms with E-state index in [0.717, 1.165) is 51.8 Å². The van der Waals surface area contributed by atoms with Crippen LogP contribution in [0.3, 0.4) is 0 Å². The van der Waals surface area contributed by atoms with Gasteiger partial charge in [-0.15, -0.1) is 0 Å². The number of allylic oxidation sites excluding steroid dienone is 1. The summed E-state index contributed by atoms with van der Waals surface area (Å²) < 4.78 is 14.5. The number of hydrogen-bond donors (Lipinski definition) is 0. The van der Waals surface area contributed by atoms with Crippen LogP contribution >= 0.6 is 0 Å². The van der Waals surface area contributed by atoms with Crippen LogP contribution in [-0.2, 0) is 0 Å². The van der Waals surface area contributed by atoms with Gasteiger partial charge in [-0.25, -0.2) is 4.39 Å². The van der Waals surface area contributed by atoms with E-state index in [-0.39, 0.29) is 5.82 Å². The highest BCUT2D eigenvalue weighted by atomic mass is 19.1. The van der Waals surface area contributed by atoms with E-state index in [1.54, 1.807) is 12.1 Å². The fraction of sp³-hybridized carbons (Fsp3) is 0.160. The Bertz CT molecular complexity index is 1020. The summed E-state index contributed by atoms with van der Waals surface area (Å²) in [5.74, 6) is -0.307. The summed E-state index contributed by atoms with van der Waals surface area (Å²) in [7, 11) is 0. The highest BCUT2D eigenvalue weighted by Crippen LogP contribution is 2.37. The second-order valence-electron chi connectivity index (χ2n) is 6.97. The number of benzene rings is 3. The molecule has 3 aromatic carbocycles. The lowest BCUT2D eigenvalue weighted by atomic mass is 10.1. The van der Waals surface area contributed by atoms with Crippen molar-refractivity contribution in [3.8, 4) is 11.1 Å². The van der Waals surface area contributed by atoms with Gasteiger partial charge in [0.2, 0.25) is 11.4 Å². The summed E-state index contributed by atoms with van der Waals surface area (Å²) in [5.41, 5.74) is 5.95. The average molecular weight is 371 g/mol. The van der Waals surface area contributed by atoms with Crippen LogP contribution in [0.1, 0.15) is 42.9 Å². The Labute approximate surface area is 164 Å². The van der Waals surface area contributed by atoms with Crippen LogP contribution in [0.25, 0.3) is 16.8 Å². The van der Waals surface area contributed by atoms with Crippen molar-refractivity contribution in [1.29, 1.82) is 0 Å². The minimum absolute atomic E-state index is 0.307. The standard InChI is InChI=1S/C25H22FNO/c1-2-3-4-13-24(18-14-16-19(26)17-15-18)27(28)25-22-11-7-5-9-20(22)21-10-6-8-12-23(21)25/h5-17H,2-4H2,1H3/b24-13+. The Hall–Kier alpha value is -3.20. The third-order valence-electron chi connectivity index (χ3n) is 5.11. The largest absolute Gasteiger partial charge is 0.618 e. The molecule has 0 amide bonds. The fourth-order valence-corrected chi connectivity index (χ4v) is 3.71. The molecule has 1 aliphatic rings. The summed E-state index contributed by atoms with van der Waals surface area (Å²) >= 11 is 0. The molecule has 28 heavy (non-hydrogen) atoms. The lowest BCUT2D eigenvalue weighted by Gasteiger charge is -2.12. The van der Waals surface area contributed by atoms with Gasteiger partial charge in [0.05, 0.1) is 11.1 Å². The van der Waals surface area contributed by atoms with Crippen LogP contribution in [0.5, 0.6) is 0 Å². The maximum atomic E-state index is 13.7. The van der Waals surface area contributed by atoms with Gasteiger partial charge < -0.3 is 5.21 Å². The molecule has 0 spiro atoms. The lowest BCUT2D eigenvalue weighted by Crippen LogP contribution is -2.15. The number of unbranched alkanes of at least 4 members (excludes halogenated alkanes) is 2. The monoisotopic (exact) mass is 371 g/mol. The molecule has 0 heterocycles. The third-order valence-corrected chi connectivity index (χ3v) is 5.11. The van der Waals surface area contributed by atoms with E-state index < -0.39 is 0 Å². The molecule has 0 aromatic heterocycles. The molecule has 140 valence electrons. The van der Waals surface area contributed by atoms with Crippen LogP contribution in [0.4, 0.5) is 4.39 Å². The predicted octanol–water partition coefficient (Wildman–Crippen LogP) is 6.39. The highest BCUT2D eigenvalue weighted by molar-refractivity contribution is 6.22. The summed E-state index contributed by atoms with van der Waals surface area (Å²) in [6, 6.07) is 22.1. The second-order valence-corrected chi connectivity index (χ2v) is 6.97. The van der Waals surface area contributed by atoms with E-state index in [4.69, 9.17) is 0 Å². The van der Waals surface area contributed by atoms with Crippen LogP contribution in [-0.4, -0.2) is 10.5 Å². The number of hydrogen-bond acceptors (Lipinski definition) is 1. The quantitative estimate of drug-likeness (QED) is 0.173. The predicted molar refractivity (Wildman–Crippen MR) is 113 cm³/mol. The first-order valence-corrected chi connectivity index (χ1v) is 9.70. The number of rotatable bonds is 5. The lowest BCUT2D eigenvalue weighted by molar-refractivity contribution is -0.349. The van der Waals surface area contributed by atoms with Gasteiger partial charge in [-0.2, -0.15) is 4.74 Å². The Morgan fingerprint density at radius 2 is 1.39 bits per heavy atom. The first kappa shape index (κ1) is 18.2. The smallest absolute Gasteiger partial charge is 0.232 e. The maximum absolute atomic E-state index is 13.7. The van der Waals surface area contributed by atoms with Gasteiger partial charge in [0, 0.05) is 5.56 Å². The van der Waals surface area contributed by atoms with Crippen molar-refractivity contribution in [3.63, 3.8) is 0 Å². The maximum Gasteiger partial charge on any atom is 0.232 e. The van der Waals surface area contributed by atoms with E-state index >= 15 is 0 Å². The van der Waals surface area contributed by atoms with Gasteiger partial charge in [0.25, 0.3) is 0 Å². The SMILES string of the molecule is CCCC/C=C(\c1ccc(F)cc1)[N+]([O-])=C1c2ccccc2-c2ccccc21. The molecule has 0 saturated heterocycles. The zero-order chi connectivity index (χ0) is 19.5. The van der Waals surface area contributed by atoms with Crippen LogP contribution in [0.2, 0.25) is 0 Å². The van der Waals surface area contributed by atoms with Crippen LogP contribution in [0, 0.1) is 11.0 Å². The minimum atomic E-state index is -0.307. The van der Waals surface area contributed by atoms with Crippen molar-refractivity contribution in [1.82, 2.24) is 0 Å². The number of nitrogens with zero attached hydrogens (tertiary/aromatic N) is 1. The van der Waals surface area contributed by atoms with Crippen LogP contribution < -0.4 is 0 Å². The fourth-order valence-electron chi connectivity index (χ4n) is 3.71. The Morgan fingerprint density at radius 3 is 1.93 bits per heavy atom. The van der Waals surface area contributed by atoms with Crippen molar-refractivity contribution >= 4 is 11.4 Å². The number of halogens is 1. The summed E-state index contributed by atoms with van der Waals surface area (Å²) in [6.45, 7) is 2.12. The molecule has 2 nitrogen and oxygen atoms in total. The van der Waals surface area contributed by atoms with Gasteiger partial charge in [0.1, 0.15) is 5.82 Å². The topological polar surface area (TPSA) is 26.1 Å². The number of fused-ring (bicyclic) bond motifs is 3. The first-order valence-electron chi connectivity index (χ1n) is 9.70. The molecular weight excluding hydrogens is 349 g/mol. The Balaban J connectivity index is 1.92. The minimum Gasteiger partial charge on any atom is -0.618 e. The third kappa shape index (κ3) is 3.24. The van der Waals surface area contributed by atoms with Crippen molar-refractivity contribution < 1.29 is 9.13 Å². The van der Waals surface area contributed by atoms with Gasteiger partial charge in [-0.05, 0) is 66.4 Å². The van der Waals surface area contributed by atoms with E-state index in [1.165, 1.54) is 12.1 Å². The molecule has 0 saturated carbocycles. The van der Waals surface area contributed by atoms with Gasteiger partial charge in [0.15, 0.2) is 0 Å². The Kier molecular flexibility index (Phi) is 5.07.